The molecule has 0 radical (unpaired) electrons. The van der Waals surface area contributed by atoms with Crippen molar-refractivity contribution in [1.29, 1.82) is 0 Å². The first kappa shape index (κ1) is 13.4. The molecular weight excluding hydrogens is 244 g/mol. The lowest BCUT2D eigenvalue weighted by atomic mass is 10.1. The first-order valence-corrected chi connectivity index (χ1v) is 6.49. The zero-order valence-corrected chi connectivity index (χ0v) is 10.6. The van der Waals surface area contributed by atoms with Crippen LogP contribution in [0.15, 0.2) is 30.3 Å². The average molecular weight is 262 g/mol. The number of aliphatic carboxylic acids is 1. The highest BCUT2D eigenvalue weighted by molar-refractivity contribution is 5.83. The van der Waals surface area contributed by atoms with Gasteiger partial charge in [0.1, 0.15) is 0 Å². The summed E-state index contributed by atoms with van der Waals surface area (Å²) in [4.78, 5) is 22.8. The summed E-state index contributed by atoms with van der Waals surface area (Å²) in [5, 5.41) is 14.3. The molecule has 0 heterocycles. The van der Waals surface area contributed by atoms with Crippen molar-refractivity contribution in [2.24, 2.45) is 5.92 Å². The van der Waals surface area contributed by atoms with E-state index in [2.05, 4.69) is 10.6 Å². The maximum Gasteiger partial charge on any atom is 0.330 e. The normalized spacial score (nSPS) is 15.6. The monoisotopic (exact) mass is 262 g/mol. The van der Waals surface area contributed by atoms with E-state index in [-0.39, 0.29) is 0 Å². The fourth-order valence-corrected chi connectivity index (χ4v) is 1.91. The highest BCUT2D eigenvalue weighted by atomic mass is 16.4. The topological polar surface area (TPSA) is 78.4 Å². The van der Waals surface area contributed by atoms with Gasteiger partial charge in [-0.2, -0.15) is 0 Å². The van der Waals surface area contributed by atoms with Crippen LogP contribution >= 0.6 is 0 Å². The van der Waals surface area contributed by atoms with Crippen LogP contribution in [0.3, 0.4) is 0 Å². The molecule has 1 atom stereocenters. The lowest BCUT2D eigenvalue weighted by molar-refractivity contribution is -0.139. The van der Waals surface area contributed by atoms with E-state index in [0.717, 1.165) is 12.3 Å². The smallest absolute Gasteiger partial charge is 0.330 e. The molecule has 0 spiro atoms. The molecule has 1 aliphatic carbocycles. The second-order valence-corrected chi connectivity index (χ2v) is 4.81. The number of hydrogen-bond donors (Lipinski definition) is 3. The standard InChI is InChI=1S/C14H18N2O3/c17-13(18)12(11-4-2-1-3-5-11)16-14(19)15-9-8-10-6-7-10/h1-5,10,12H,6-9H2,(H,17,18)(H2,15,16,19)/t12-/m0/s1. The van der Waals surface area contributed by atoms with Gasteiger partial charge < -0.3 is 15.7 Å². The van der Waals surface area contributed by atoms with Crippen LogP contribution in [0.4, 0.5) is 4.79 Å². The summed E-state index contributed by atoms with van der Waals surface area (Å²) in [5.74, 6) is -0.326. The van der Waals surface area contributed by atoms with Gasteiger partial charge in [-0.25, -0.2) is 9.59 Å². The molecule has 0 bridgehead atoms. The van der Waals surface area contributed by atoms with E-state index >= 15 is 0 Å². The van der Waals surface area contributed by atoms with Crippen molar-refractivity contribution < 1.29 is 14.7 Å². The van der Waals surface area contributed by atoms with Crippen LogP contribution in [0.25, 0.3) is 0 Å². The zero-order chi connectivity index (χ0) is 13.7. The number of carboxylic acid groups (broad SMARTS) is 1. The van der Waals surface area contributed by atoms with E-state index in [1.165, 1.54) is 12.8 Å². The molecule has 2 rings (SSSR count). The largest absolute Gasteiger partial charge is 0.479 e. The van der Waals surface area contributed by atoms with Gasteiger partial charge in [0.25, 0.3) is 0 Å². The third-order valence-corrected chi connectivity index (χ3v) is 3.19. The molecule has 5 nitrogen and oxygen atoms in total. The quantitative estimate of drug-likeness (QED) is 0.732. The maximum atomic E-state index is 11.6. The Morgan fingerprint density at radius 1 is 1.26 bits per heavy atom. The van der Waals surface area contributed by atoms with Gasteiger partial charge >= 0.3 is 12.0 Å². The van der Waals surface area contributed by atoms with Crippen molar-refractivity contribution in [3.8, 4) is 0 Å². The summed E-state index contributed by atoms with van der Waals surface area (Å²) in [7, 11) is 0. The Balaban J connectivity index is 1.85. The second-order valence-electron chi connectivity index (χ2n) is 4.81. The SMILES string of the molecule is O=C(NCCC1CC1)N[C@H](C(=O)O)c1ccccc1. The van der Waals surface area contributed by atoms with Crippen LogP contribution in [0.1, 0.15) is 30.9 Å². The average Bonchev–Trinajstić information content (AvgIpc) is 3.21. The molecule has 0 aliphatic heterocycles. The van der Waals surface area contributed by atoms with Crippen molar-refractivity contribution in [3.63, 3.8) is 0 Å². The highest BCUT2D eigenvalue weighted by Gasteiger charge is 2.23. The highest BCUT2D eigenvalue weighted by Crippen LogP contribution is 2.31. The van der Waals surface area contributed by atoms with Crippen molar-refractivity contribution in [2.45, 2.75) is 25.3 Å². The molecule has 0 unspecified atom stereocenters. The summed E-state index contributed by atoms with van der Waals surface area (Å²) in [6, 6.07) is 7.22. The van der Waals surface area contributed by atoms with Gasteiger partial charge in [-0.15, -0.1) is 0 Å². The number of carboxylic acids is 1. The fourth-order valence-electron chi connectivity index (χ4n) is 1.91. The molecule has 1 aliphatic rings. The Kier molecular flexibility index (Phi) is 4.39. The zero-order valence-electron chi connectivity index (χ0n) is 10.6. The summed E-state index contributed by atoms with van der Waals surface area (Å²) in [6.07, 6.45) is 3.45. The minimum atomic E-state index is -1.07. The van der Waals surface area contributed by atoms with E-state index < -0.39 is 18.0 Å². The molecule has 0 aromatic heterocycles. The molecule has 5 heteroatoms. The molecule has 1 aromatic carbocycles. The van der Waals surface area contributed by atoms with Crippen molar-refractivity contribution >= 4 is 12.0 Å². The number of amides is 2. The fraction of sp³-hybridized carbons (Fsp3) is 0.429. The van der Waals surface area contributed by atoms with Gasteiger partial charge in [-0.3, -0.25) is 0 Å². The lowest BCUT2D eigenvalue weighted by Gasteiger charge is -2.15. The number of carbonyl (C=O) groups is 2. The molecule has 0 saturated heterocycles. The summed E-state index contributed by atoms with van der Waals surface area (Å²) in [5.41, 5.74) is 0.562. The van der Waals surface area contributed by atoms with Gasteiger partial charge in [0.05, 0.1) is 0 Å². The number of benzene rings is 1. The summed E-state index contributed by atoms with van der Waals surface area (Å²) in [6.45, 7) is 0.595. The van der Waals surface area contributed by atoms with Crippen LogP contribution in [0.2, 0.25) is 0 Å². The van der Waals surface area contributed by atoms with Crippen molar-refractivity contribution in [3.05, 3.63) is 35.9 Å². The van der Waals surface area contributed by atoms with Crippen LogP contribution < -0.4 is 10.6 Å². The number of rotatable bonds is 6. The first-order valence-electron chi connectivity index (χ1n) is 6.49. The molecule has 2 amide bonds. The van der Waals surface area contributed by atoms with Crippen LogP contribution in [0, 0.1) is 5.92 Å². The Bertz CT molecular complexity index is 443. The van der Waals surface area contributed by atoms with Gasteiger partial charge in [-0.1, -0.05) is 43.2 Å². The van der Waals surface area contributed by atoms with Gasteiger partial charge in [-0.05, 0) is 17.9 Å². The molecule has 1 aromatic rings. The Hall–Kier alpha value is -2.04. The van der Waals surface area contributed by atoms with Crippen LogP contribution in [-0.2, 0) is 4.79 Å². The molecule has 19 heavy (non-hydrogen) atoms. The summed E-state index contributed by atoms with van der Waals surface area (Å²) < 4.78 is 0. The van der Waals surface area contributed by atoms with Crippen molar-refractivity contribution in [2.75, 3.05) is 6.54 Å². The Morgan fingerprint density at radius 3 is 2.53 bits per heavy atom. The van der Waals surface area contributed by atoms with E-state index in [4.69, 9.17) is 5.11 Å². The van der Waals surface area contributed by atoms with Gasteiger partial charge in [0.15, 0.2) is 6.04 Å². The first-order chi connectivity index (χ1) is 9.16. The van der Waals surface area contributed by atoms with E-state index in [1.807, 2.05) is 0 Å². The third kappa shape index (κ3) is 4.28. The number of urea groups is 1. The van der Waals surface area contributed by atoms with Crippen LogP contribution in [0.5, 0.6) is 0 Å². The minimum absolute atomic E-state index is 0.433. The van der Waals surface area contributed by atoms with Crippen LogP contribution in [-0.4, -0.2) is 23.7 Å². The molecule has 1 saturated carbocycles. The molecule has 102 valence electrons. The Morgan fingerprint density at radius 2 is 1.95 bits per heavy atom. The molecular formula is C14H18N2O3. The third-order valence-electron chi connectivity index (χ3n) is 3.19. The number of carbonyl (C=O) groups excluding carboxylic acids is 1. The summed E-state index contributed by atoms with van der Waals surface area (Å²) >= 11 is 0. The van der Waals surface area contributed by atoms with Gasteiger partial charge in [0.2, 0.25) is 0 Å². The predicted octanol–water partition coefficient (Wildman–Crippen LogP) is 1.91. The predicted molar refractivity (Wildman–Crippen MR) is 70.7 cm³/mol. The minimum Gasteiger partial charge on any atom is -0.479 e. The number of hydrogen-bond acceptors (Lipinski definition) is 2. The Labute approximate surface area is 112 Å². The molecule has 1 fully saturated rings. The van der Waals surface area contributed by atoms with E-state index in [0.29, 0.717) is 12.1 Å². The second kappa shape index (κ2) is 6.22. The lowest BCUT2D eigenvalue weighted by Crippen LogP contribution is -2.41. The molecule has 3 N–H and O–H groups in total. The number of nitrogens with one attached hydrogen (secondary N) is 2. The van der Waals surface area contributed by atoms with Gasteiger partial charge in [0, 0.05) is 6.54 Å². The maximum absolute atomic E-state index is 11.6. The van der Waals surface area contributed by atoms with Crippen molar-refractivity contribution in [1.82, 2.24) is 10.6 Å². The van der Waals surface area contributed by atoms with E-state index in [1.54, 1.807) is 30.3 Å². The van der Waals surface area contributed by atoms with E-state index in [9.17, 15) is 9.59 Å².